The second kappa shape index (κ2) is 11.6. The van der Waals surface area contributed by atoms with Crippen LogP contribution in [-0.2, 0) is 4.43 Å². The molecule has 0 unspecified atom stereocenters. The molecule has 0 saturated heterocycles. The molecule has 1 fully saturated rings. The topological polar surface area (TPSA) is 44.2 Å². The highest BCUT2D eigenvalue weighted by molar-refractivity contribution is 6.76. The van der Waals surface area contributed by atoms with E-state index in [1.807, 2.05) is 25.3 Å². The second-order valence-electron chi connectivity index (χ2n) is 10.6. The fourth-order valence-corrected chi connectivity index (χ4v) is 9.42. The lowest BCUT2D eigenvalue weighted by molar-refractivity contribution is 0.215. The zero-order valence-corrected chi connectivity index (χ0v) is 22.7. The molecule has 0 aromatic carbocycles. The van der Waals surface area contributed by atoms with Crippen LogP contribution in [0.2, 0.25) is 17.1 Å². The number of pyridine rings is 2. The fourth-order valence-electron chi connectivity index (χ4n) is 5.45. The summed E-state index contributed by atoms with van der Waals surface area (Å²) < 4.78 is 12.3. The third kappa shape index (κ3) is 6.45. The van der Waals surface area contributed by atoms with Crippen molar-refractivity contribution in [3.63, 3.8) is 0 Å². The lowest BCUT2D eigenvalue weighted by Crippen LogP contribution is -2.46. The van der Waals surface area contributed by atoms with Crippen molar-refractivity contribution < 1.29 is 9.16 Å². The van der Waals surface area contributed by atoms with E-state index in [-0.39, 0.29) is 0 Å². The minimum absolute atomic E-state index is 0.314. The molecule has 0 atom stereocenters. The van der Waals surface area contributed by atoms with Gasteiger partial charge >= 0.3 is 0 Å². The van der Waals surface area contributed by atoms with Gasteiger partial charge in [0.2, 0.25) is 5.88 Å². The molecular weight excluding hydrogens is 424 g/mol. The molecule has 0 spiro atoms. The molecular formula is C28H44N2O2Si. The predicted octanol–water partition coefficient (Wildman–Crippen LogP) is 8.04. The summed E-state index contributed by atoms with van der Waals surface area (Å²) in [7, 11) is -1.66. The van der Waals surface area contributed by atoms with Crippen LogP contribution in [0.1, 0.15) is 79.2 Å². The minimum atomic E-state index is -1.66. The van der Waals surface area contributed by atoms with E-state index >= 15 is 0 Å². The Balaban J connectivity index is 1.53. The molecule has 33 heavy (non-hydrogen) atoms. The van der Waals surface area contributed by atoms with Gasteiger partial charge in [0.15, 0.2) is 8.32 Å². The first kappa shape index (κ1) is 25.9. The quantitative estimate of drug-likeness (QED) is 0.331. The molecule has 4 nitrogen and oxygen atoms in total. The normalized spacial score (nSPS) is 19.9. The number of allylic oxidation sites excluding steroid dienone is 1. The van der Waals surface area contributed by atoms with Crippen molar-refractivity contribution in [3.05, 3.63) is 36.0 Å². The average Bonchev–Trinajstić information content (AvgIpc) is 2.81. The fraction of sp³-hybridized carbons (Fsp3) is 0.643. The number of aromatic nitrogens is 2. The zero-order valence-electron chi connectivity index (χ0n) is 21.7. The largest absolute Gasteiger partial charge is 0.478 e. The molecule has 0 radical (unpaired) electrons. The zero-order chi connectivity index (χ0) is 23.9. The van der Waals surface area contributed by atoms with Crippen molar-refractivity contribution in [2.75, 3.05) is 13.2 Å². The van der Waals surface area contributed by atoms with Gasteiger partial charge in [0.05, 0.1) is 17.6 Å². The van der Waals surface area contributed by atoms with Crippen LogP contribution >= 0.6 is 0 Å². The van der Waals surface area contributed by atoms with E-state index in [1.165, 1.54) is 44.2 Å². The Morgan fingerprint density at radius 2 is 1.76 bits per heavy atom. The lowest BCUT2D eigenvalue weighted by atomic mass is 9.80. The molecule has 2 aromatic heterocycles. The monoisotopic (exact) mass is 468 g/mol. The first-order valence-electron chi connectivity index (χ1n) is 13.0. The molecule has 1 saturated carbocycles. The Hall–Kier alpha value is -1.72. The Bertz CT molecular complexity index is 910. The lowest BCUT2D eigenvalue weighted by Gasteiger charge is -2.41. The first-order valence-corrected chi connectivity index (χ1v) is 15.3. The molecule has 1 aliphatic carbocycles. The van der Waals surface area contributed by atoms with Crippen molar-refractivity contribution in [2.24, 2.45) is 11.8 Å². The summed E-state index contributed by atoms with van der Waals surface area (Å²) in [6.45, 7) is 15.3. The standard InChI is InChI=1S/C28H44N2O2Si/c1-7-31-26-17-16-25-27(30-26)24(18-20-29-25)15-14-22-10-12-23(13-11-22)19-21-32-33(8-2,9-3)28(4,5)6/h14-18,20,22-23H,7-13,19,21H2,1-6H3/t22-,23-. The van der Waals surface area contributed by atoms with Crippen LogP contribution in [0.25, 0.3) is 17.1 Å². The number of ether oxygens (including phenoxy) is 1. The van der Waals surface area contributed by atoms with Gasteiger partial charge in [-0.25, -0.2) is 4.98 Å². The summed E-state index contributed by atoms with van der Waals surface area (Å²) in [6, 6.07) is 8.38. The first-order chi connectivity index (χ1) is 15.8. The van der Waals surface area contributed by atoms with Crippen LogP contribution in [0.15, 0.2) is 30.5 Å². The maximum absolute atomic E-state index is 6.70. The maximum Gasteiger partial charge on any atom is 0.213 e. The number of nitrogens with zero attached hydrogens (tertiary/aromatic N) is 2. The third-order valence-corrected chi connectivity index (χ3v) is 13.5. The predicted molar refractivity (Wildman–Crippen MR) is 142 cm³/mol. The molecule has 3 rings (SSSR count). The van der Waals surface area contributed by atoms with Gasteiger partial charge in [-0.15, -0.1) is 0 Å². The van der Waals surface area contributed by atoms with Crippen LogP contribution in [0.3, 0.4) is 0 Å². The summed E-state index contributed by atoms with van der Waals surface area (Å²) >= 11 is 0. The van der Waals surface area contributed by atoms with Crippen molar-refractivity contribution >= 4 is 25.4 Å². The third-order valence-electron chi connectivity index (χ3n) is 7.73. The number of hydrogen-bond acceptors (Lipinski definition) is 4. The van der Waals surface area contributed by atoms with Crippen molar-refractivity contribution in [3.8, 4) is 5.88 Å². The highest BCUT2D eigenvalue weighted by Gasteiger charge is 2.43. The summed E-state index contributed by atoms with van der Waals surface area (Å²) in [5.41, 5.74) is 2.96. The van der Waals surface area contributed by atoms with Gasteiger partial charge in [-0.3, -0.25) is 4.98 Å². The average molecular weight is 469 g/mol. The maximum atomic E-state index is 6.70. The molecule has 0 N–H and O–H groups in total. The molecule has 5 heteroatoms. The van der Waals surface area contributed by atoms with Crippen molar-refractivity contribution in [1.82, 2.24) is 9.97 Å². The van der Waals surface area contributed by atoms with Crippen LogP contribution < -0.4 is 4.74 Å². The van der Waals surface area contributed by atoms with E-state index < -0.39 is 8.32 Å². The molecule has 0 aliphatic heterocycles. The molecule has 1 aliphatic rings. The highest BCUT2D eigenvalue weighted by atomic mass is 28.4. The Kier molecular flexibility index (Phi) is 9.11. The second-order valence-corrected chi connectivity index (χ2v) is 15.8. The summed E-state index contributed by atoms with van der Waals surface area (Å²) in [5, 5.41) is 0.314. The summed E-state index contributed by atoms with van der Waals surface area (Å²) in [6.07, 6.45) is 12.9. The molecule has 182 valence electrons. The molecule has 2 aromatic rings. The van der Waals surface area contributed by atoms with Gasteiger partial charge in [-0.1, -0.05) is 46.8 Å². The Morgan fingerprint density at radius 3 is 2.39 bits per heavy atom. The highest BCUT2D eigenvalue weighted by Crippen LogP contribution is 2.42. The molecule has 2 heterocycles. The van der Waals surface area contributed by atoms with Crippen molar-refractivity contribution in [1.29, 1.82) is 0 Å². The smallest absolute Gasteiger partial charge is 0.213 e. The van der Waals surface area contributed by atoms with Gasteiger partial charge < -0.3 is 9.16 Å². The van der Waals surface area contributed by atoms with Gasteiger partial charge in [0.25, 0.3) is 0 Å². The van der Waals surface area contributed by atoms with E-state index in [0.717, 1.165) is 29.1 Å². The van der Waals surface area contributed by atoms with E-state index in [4.69, 9.17) is 9.16 Å². The van der Waals surface area contributed by atoms with Gasteiger partial charge in [-0.2, -0.15) is 0 Å². The molecule has 0 amide bonds. The van der Waals surface area contributed by atoms with Gasteiger partial charge in [-0.05, 0) is 80.1 Å². The van der Waals surface area contributed by atoms with E-state index in [9.17, 15) is 0 Å². The summed E-state index contributed by atoms with van der Waals surface area (Å²) in [5.74, 6) is 2.13. The van der Waals surface area contributed by atoms with Crippen LogP contribution in [0, 0.1) is 11.8 Å². The van der Waals surface area contributed by atoms with E-state index in [1.54, 1.807) is 0 Å². The molecule has 0 bridgehead atoms. The van der Waals surface area contributed by atoms with Crippen LogP contribution in [0.5, 0.6) is 5.88 Å². The van der Waals surface area contributed by atoms with Crippen LogP contribution in [0.4, 0.5) is 0 Å². The minimum Gasteiger partial charge on any atom is -0.478 e. The van der Waals surface area contributed by atoms with E-state index in [0.29, 0.717) is 23.4 Å². The summed E-state index contributed by atoms with van der Waals surface area (Å²) in [4.78, 5) is 9.14. The van der Waals surface area contributed by atoms with Crippen LogP contribution in [-0.4, -0.2) is 31.5 Å². The SMILES string of the molecule is CCOc1ccc2nccc(C=C[C@H]3CC[C@H](CCO[Si](CC)(CC)C(C)(C)C)CC3)c2n1. The number of rotatable bonds is 10. The Morgan fingerprint density at radius 1 is 1.03 bits per heavy atom. The van der Waals surface area contributed by atoms with Crippen molar-refractivity contribution in [2.45, 2.75) is 90.8 Å². The number of hydrogen-bond donors (Lipinski definition) is 0. The van der Waals surface area contributed by atoms with E-state index in [2.05, 4.69) is 62.8 Å². The number of fused-ring (bicyclic) bond motifs is 1. The Labute approximate surface area is 202 Å². The van der Waals surface area contributed by atoms with Gasteiger partial charge in [0.1, 0.15) is 0 Å². The van der Waals surface area contributed by atoms with Gasteiger partial charge in [0, 0.05) is 24.4 Å².